The highest BCUT2D eigenvalue weighted by molar-refractivity contribution is 8.18. The smallest absolute Gasteiger partial charge is 0.266 e. The average molecular weight is 514 g/mol. The summed E-state index contributed by atoms with van der Waals surface area (Å²) in [5.74, 6) is 1.08. The van der Waals surface area contributed by atoms with E-state index in [1.54, 1.807) is 19.3 Å². The number of benzene rings is 2. The number of aromatic nitrogens is 1. The first-order valence-corrected chi connectivity index (χ1v) is 12.0. The molecule has 0 N–H and O–H groups in total. The number of rotatable bonds is 7. The first-order valence-electron chi connectivity index (χ1n) is 10.4. The second kappa shape index (κ2) is 11.0. The van der Waals surface area contributed by atoms with Crippen molar-refractivity contribution in [1.82, 2.24) is 9.88 Å². The van der Waals surface area contributed by atoms with E-state index < -0.39 is 0 Å². The van der Waals surface area contributed by atoms with E-state index in [4.69, 9.17) is 32.7 Å². The number of carbonyl (C=O) groups is 1. The summed E-state index contributed by atoms with van der Waals surface area (Å²) >= 11 is 13.4. The number of ether oxygens (including phenoxy) is 2. The van der Waals surface area contributed by atoms with Crippen LogP contribution in [0.25, 0.3) is 6.08 Å². The van der Waals surface area contributed by atoms with Crippen LogP contribution in [0.5, 0.6) is 11.5 Å². The van der Waals surface area contributed by atoms with E-state index in [1.165, 1.54) is 22.9 Å². The molecule has 2 aromatic carbocycles. The monoisotopic (exact) mass is 513 g/mol. The van der Waals surface area contributed by atoms with Gasteiger partial charge in [-0.1, -0.05) is 41.4 Å². The number of nitrogens with zero attached hydrogens (tertiary/aromatic N) is 3. The average Bonchev–Trinajstić information content (AvgIpc) is 3.09. The van der Waals surface area contributed by atoms with E-state index >= 15 is 0 Å². The zero-order chi connectivity index (χ0) is 24.1. The van der Waals surface area contributed by atoms with Gasteiger partial charge in [0.15, 0.2) is 16.7 Å². The molecule has 1 amide bonds. The highest BCUT2D eigenvalue weighted by atomic mass is 35.5. The molecule has 0 bridgehead atoms. The zero-order valence-corrected chi connectivity index (χ0v) is 20.8. The maximum atomic E-state index is 12.8. The summed E-state index contributed by atoms with van der Waals surface area (Å²) in [7, 11) is 1.68. The van der Waals surface area contributed by atoms with Crippen molar-refractivity contribution >= 4 is 57.8 Å². The van der Waals surface area contributed by atoms with Crippen LogP contribution in [0.2, 0.25) is 10.0 Å². The number of hydrogen-bond donors (Lipinski definition) is 0. The third-order valence-electron chi connectivity index (χ3n) is 4.84. The molecule has 3 aromatic rings. The number of aliphatic imine (C=N–C) groups is 1. The molecule has 0 spiro atoms. The molecule has 0 radical (unpaired) electrons. The van der Waals surface area contributed by atoms with E-state index in [0.717, 1.165) is 11.1 Å². The SMILES string of the molecule is CCOc1cc(/C=C2\SC(=Nc3ccncc3Cl)N(C)C2=O)ccc1OCc1ccc(Cl)cc1. The lowest BCUT2D eigenvalue weighted by Gasteiger charge is -2.13. The van der Waals surface area contributed by atoms with Gasteiger partial charge in [0.05, 0.1) is 22.2 Å². The largest absolute Gasteiger partial charge is 0.490 e. The van der Waals surface area contributed by atoms with Crippen LogP contribution in [0.1, 0.15) is 18.1 Å². The molecular formula is C25H21Cl2N3O3S. The molecule has 0 saturated carbocycles. The standard InChI is InChI=1S/C25H21Cl2N3O3S/c1-3-32-22-12-17(6-9-21(22)33-15-16-4-7-18(26)8-5-16)13-23-24(31)30(2)25(34-23)29-20-10-11-28-14-19(20)27/h4-14H,3,15H2,1-2H3/b23-13-,29-25?. The van der Waals surface area contributed by atoms with Crippen LogP contribution < -0.4 is 9.47 Å². The molecule has 0 aliphatic carbocycles. The van der Waals surface area contributed by atoms with Gasteiger partial charge in [-0.05, 0) is 66.2 Å². The van der Waals surface area contributed by atoms with Gasteiger partial charge >= 0.3 is 0 Å². The van der Waals surface area contributed by atoms with E-state index in [0.29, 0.717) is 50.5 Å². The van der Waals surface area contributed by atoms with Gasteiger partial charge in [-0.2, -0.15) is 0 Å². The van der Waals surface area contributed by atoms with Crippen molar-refractivity contribution in [3.8, 4) is 11.5 Å². The highest BCUT2D eigenvalue weighted by Gasteiger charge is 2.30. The fourth-order valence-electron chi connectivity index (χ4n) is 3.11. The van der Waals surface area contributed by atoms with Crippen LogP contribution in [0.4, 0.5) is 5.69 Å². The van der Waals surface area contributed by atoms with E-state index in [1.807, 2.05) is 55.5 Å². The lowest BCUT2D eigenvalue weighted by atomic mass is 10.1. The maximum absolute atomic E-state index is 12.8. The molecular weight excluding hydrogens is 493 g/mol. The maximum Gasteiger partial charge on any atom is 0.266 e. The van der Waals surface area contributed by atoms with Crippen LogP contribution in [-0.2, 0) is 11.4 Å². The third-order valence-corrected chi connectivity index (χ3v) is 6.45. The van der Waals surface area contributed by atoms with Gasteiger partial charge in [0.1, 0.15) is 6.61 Å². The molecule has 1 aliphatic heterocycles. The predicted octanol–water partition coefficient (Wildman–Crippen LogP) is 6.60. The number of likely N-dealkylation sites (N-methyl/N-ethyl adjacent to an activating group) is 1. The summed E-state index contributed by atoms with van der Waals surface area (Å²) in [5, 5.41) is 1.64. The Bertz CT molecular complexity index is 1260. The Kier molecular flexibility index (Phi) is 7.77. The molecule has 9 heteroatoms. The minimum atomic E-state index is -0.144. The highest BCUT2D eigenvalue weighted by Crippen LogP contribution is 2.36. The van der Waals surface area contributed by atoms with Crippen LogP contribution in [0, 0.1) is 0 Å². The zero-order valence-electron chi connectivity index (χ0n) is 18.5. The number of thioether (sulfide) groups is 1. The molecule has 1 aliphatic rings. The summed E-state index contributed by atoms with van der Waals surface area (Å²) in [6.07, 6.45) is 4.94. The van der Waals surface area contributed by atoms with Crippen molar-refractivity contribution in [3.05, 3.63) is 87.0 Å². The molecule has 2 heterocycles. The van der Waals surface area contributed by atoms with Crippen molar-refractivity contribution in [1.29, 1.82) is 0 Å². The molecule has 1 aromatic heterocycles. The van der Waals surface area contributed by atoms with Crippen LogP contribution in [-0.4, -0.2) is 34.6 Å². The molecule has 1 saturated heterocycles. The van der Waals surface area contributed by atoms with Gasteiger partial charge in [-0.3, -0.25) is 14.7 Å². The van der Waals surface area contributed by atoms with Gasteiger partial charge < -0.3 is 9.47 Å². The van der Waals surface area contributed by atoms with Gasteiger partial charge in [0.2, 0.25) is 0 Å². The van der Waals surface area contributed by atoms with Crippen LogP contribution in [0.15, 0.2) is 70.8 Å². The molecule has 174 valence electrons. The summed E-state index contributed by atoms with van der Waals surface area (Å²) < 4.78 is 11.8. The second-order valence-electron chi connectivity index (χ2n) is 7.25. The van der Waals surface area contributed by atoms with Crippen LogP contribution >= 0.6 is 35.0 Å². The van der Waals surface area contributed by atoms with E-state index in [9.17, 15) is 4.79 Å². The van der Waals surface area contributed by atoms with Crippen molar-refractivity contribution in [2.75, 3.05) is 13.7 Å². The number of amidine groups is 1. The molecule has 4 rings (SSSR count). The van der Waals surface area contributed by atoms with Gasteiger partial charge in [0, 0.05) is 24.5 Å². The topological polar surface area (TPSA) is 64.0 Å². The lowest BCUT2D eigenvalue weighted by Crippen LogP contribution is -2.23. The molecule has 34 heavy (non-hydrogen) atoms. The van der Waals surface area contributed by atoms with Crippen molar-refractivity contribution in [3.63, 3.8) is 0 Å². The summed E-state index contributed by atoms with van der Waals surface area (Å²) in [4.78, 5) is 23.3. The van der Waals surface area contributed by atoms with Crippen molar-refractivity contribution in [2.24, 2.45) is 4.99 Å². The first-order chi connectivity index (χ1) is 16.4. The number of amides is 1. The number of pyridine rings is 1. The number of carbonyl (C=O) groups excluding carboxylic acids is 1. The molecule has 0 atom stereocenters. The van der Waals surface area contributed by atoms with E-state index in [2.05, 4.69) is 9.98 Å². The normalized spacial score (nSPS) is 15.9. The Hall–Kier alpha value is -3.00. The molecule has 1 fully saturated rings. The van der Waals surface area contributed by atoms with Crippen LogP contribution in [0.3, 0.4) is 0 Å². The Morgan fingerprint density at radius 3 is 2.62 bits per heavy atom. The quantitative estimate of drug-likeness (QED) is 0.333. The fraction of sp³-hybridized carbons (Fsp3) is 0.160. The van der Waals surface area contributed by atoms with Gasteiger partial charge in [-0.25, -0.2) is 4.99 Å². The van der Waals surface area contributed by atoms with Gasteiger partial charge in [0.25, 0.3) is 5.91 Å². The Balaban J connectivity index is 1.54. The summed E-state index contributed by atoms with van der Waals surface area (Å²) in [6.45, 7) is 2.78. The number of hydrogen-bond acceptors (Lipinski definition) is 6. The fourth-order valence-corrected chi connectivity index (χ4v) is 4.38. The minimum Gasteiger partial charge on any atom is -0.490 e. The Morgan fingerprint density at radius 1 is 1.09 bits per heavy atom. The Labute approximate surface area is 212 Å². The predicted molar refractivity (Wildman–Crippen MR) is 138 cm³/mol. The second-order valence-corrected chi connectivity index (χ2v) is 9.10. The first kappa shape index (κ1) is 24.1. The molecule has 0 unspecified atom stereocenters. The third kappa shape index (κ3) is 5.73. The van der Waals surface area contributed by atoms with Crippen molar-refractivity contribution in [2.45, 2.75) is 13.5 Å². The Morgan fingerprint density at radius 2 is 1.88 bits per heavy atom. The summed E-state index contributed by atoms with van der Waals surface area (Å²) in [6, 6.07) is 14.8. The molecule has 6 nitrogen and oxygen atoms in total. The number of halogens is 2. The van der Waals surface area contributed by atoms with Crippen molar-refractivity contribution < 1.29 is 14.3 Å². The van der Waals surface area contributed by atoms with E-state index in [-0.39, 0.29) is 5.91 Å². The van der Waals surface area contributed by atoms with Gasteiger partial charge in [-0.15, -0.1) is 0 Å². The lowest BCUT2D eigenvalue weighted by molar-refractivity contribution is -0.121. The minimum absolute atomic E-state index is 0.144. The summed E-state index contributed by atoms with van der Waals surface area (Å²) in [5.41, 5.74) is 2.37.